The third-order valence-electron chi connectivity index (χ3n) is 1.99. The van der Waals surface area contributed by atoms with E-state index in [0.717, 1.165) is 6.16 Å². The second-order valence-electron chi connectivity index (χ2n) is 3.05. The van der Waals surface area contributed by atoms with Crippen LogP contribution in [-0.2, 0) is 6.42 Å². The summed E-state index contributed by atoms with van der Waals surface area (Å²) < 4.78 is 0. The van der Waals surface area contributed by atoms with Crippen molar-refractivity contribution in [3.05, 3.63) is 35.9 Å². The molecular formula is C11H16P. The quantitative estimate of drug-likeness (QED) is 0.479. The molecule has 12 heavy (non-hydrogen) atoms. The van der Waals surface area contributed by atoms with Crippen LogP contribution in [0.5, 0.6) is 0 Å². The molecule has 1 aromatic carbocycles. The highest BCUT2D eigenvalue weighted by atomic mass is 31.0. The van der Waals surface area contributed by atoms with Crippen molar-refractivity contribution in [2.75, 3.05) is 6.16 Å². The Hall–Kier alpha value is -0.350. The van der Waals surface area contributed by atoms with Gasteiger partial charge in [0.1, 0.15) is 0 Å². The largest absolute Gasteiger partial charge is 0.0992 e. The van der Waals surface area contributed by atoms with Crippen LogP contribution < -0.4 is 0 Å². The van der Waals surface area contributed by atoms with E-state index in [4.69, 9.17) is 0 Å². The van der Waals surface area contributed by atoms with Gasteiger partial charge in [0.2, 0.25) is 0 Å². The second kappa shape index (κ2) is 6.20. The number of aryl methyl sites for hydroxylation is 1. The van der Waals surface area contributed by atoms with Crippen LogP contribution in [0.15, 0.2) is 30.3 Å². The van der Waals surface area contributed by atoms with Crippen LogP contribution in [0.2, 0.25) is 0 Å². The van der Waals surface area contributed by atoms with Gasteiger partial charge in [-0.2, -0.15) is 0 Å². The van der Waals surface area contributed by atoms with Gasteiger partial charge in [0, 0.05) is 0 Å². The SMILES string of the molecule is [PH]CCCCCc1ccccc1. The number of unbranched alkanes of at least 4 members (excludes halogenated alkanes) is 2. The summed E-state index contributed by atoms with van der Waals surface area (Å²) in [5.74, 6) is 0. The second-order valence-corrected chi connectivity index (χ2v) is 3.55. The zero-order valence-corrected chi connectivity index (χ0v) is 8.42. The van der Waals surface area contributed by atoms with E-state index in [1.54, 1.807) is 0 Å². The maximum absolute atomic E-state index is 3.48. The van der Waals surface area contributed by atoms with Gasteiger partial charge in [0.15, 0.2) is 0 Å². The van der Waals surface area contributed by atoms with Gasteiger partial charge in [0.05, 0.1) is 0 Å². The van der Waals surface area contributed by atoms with Gasteiger partial charge in [0.25, 0.3) is 0 Å². The molecule has 0 atom stereocenters. The number of benzene rings is 1. The minimum absolute atomic E-state index is 1.13. The Kier molecular flexibility index (Phi) is 5.03. The standard InChI is InChI=1S/C11H16P/c12-10-6-2-5-9-11-7-3-1-4-8-11/h1,3-4,7-8,12H,2,5-6,9-10H2. The molecule has 0 amide bonds. The average molecular weight is 179 g/mol. The fourth-order valence-corrected chi connectivity index (χ4v) is 1.53. The summed E-state index contributed by atoms with van der Waals surface area (Å²) in [6.45, 7) is 0. The first-order valence-electron chi connectivity index (χ1n) is 4.62. The number of hydrogen-bond donors (Lipinski definition) is 0. The zero-order chi connectivity index (χ0) is 8.65. The van der Waals surface area contributed by atoms with E-state index in [1.807, 2.05) is 0 Å². The molecule has 0 fully saturated rings. The van der Waals surface area contributed by atoms with Crippen LogP contribution in [-0.4, -0.2) is 6.16 Å². The molecule has 0 bridgehead atoms. The van der Waals surface area contributed by atoms with E-state index in [-0.39, 0.29) is 0 Å². The van der Waals surface area contributed by atoms with Crippen molar-refractivity contribution in [1.82, 2.24) is 0 Å². The predicted molar refractivity (Wildman–Crippen MR) is 57.2 cm³/mol. The smallest absolute Gasteiger partial charge is 0.0279 e. The Balaban J connectivity index is 2.16. The molecular weight excluding hydrogens is 163 g/mol. The zero-order valence-electron chi connectivity index (χ0n) is 7.42. The van der Waals surface area contributed by atoms with Gasteiger partial charge in [-0.25, -0.2) is 0 Å². The van der Waals surface area contributed by atoms with E-state index < -0.39 is 0 Å². The van der Waals surface area contributed by atoms with Gasteiger partial charge >= 0.3 is 0 Å². The van der Waals surface area contributed by atoms with Crippen LogP contribution in [0.3, 0.4) is 0 Å². The van der Waals surface area contributed by atoms with Gasteiger partial charge in [-0.3, -0.25) is 0 Å². The van der Waals surface area contributed by atoms with Gasteiger partial charge in [-0.1, -0.05) is 46.0 Å². The van der Waals surface area contributed by atoms with E-state index in [0.29, 0.717) is 0 Å². The summed E-state index contributed by atoms with van der Waals surface area (Å²) in [5, 5.41) is 0. The van der Waals surface area contributed by atoms with Gasteiger partial charge < -0.3 is 0 Å². The van der Waals surface area contributed by atoms with E-state index >= 15 is 0 Å². The lowest BCUT2D eigenvalue weighted by Gasteiger charge is -1.99. The Morgan fingerprint density at radius 2 is 1.67 bits per heavy atom. The Labute approximate surface area is 77.6 Å². The summed E-state index contributed by atoms with van der Waals surface area (Å²) in [4.78, 5) is 0. The highest BCUT2D eigenvalue weighted by Crippen LogP contribution is 2.06. The Morgan fingerprint density at radius 1 is 0.917 bits per heavy atom. The van der Waals surface area contributed by atoms with Crippen LogP contribution >= 0.6 is 9.24 Å². The minimum Gasteiger partial charge on any atom is -0.0992 e. The molecule has 0 aliphatic heterocycles. The van der Waals surface area contributed by atoms with Crippen molar-refractivity contribution in [3.63, 3.8) is 0 Å². The first kappa shape index (κ1) is 9.74. The Morgan fingerprint density at radius 3 is 2.33 bits per heavy atom. The highest BCUT2D eigenvalue weighted by Gasteiger charge is 1.90. The van der Waals surface area contributed by atoms with Crippen LogP contribution in [0.25, 0.3) is 0 Å². The van der Waals surface area contributed by atoms with E-state index in [2.05, 4.69) is 39.6 Å². The molecule has 0 saturated carbocycles. The maximum atomic E-state index is 3.48. The molecule has 0 aliphatic carbocycles. The topological polar surface area (TPSA) is 0 Å². The normalized spacial score (nSPS) is 10.1. The van der Waals surface area contributed by atoms with Gasteiger partial charge in [-0.05, 0) is 31.0 Å². The third kappa shape index (κ3) is 3.88. The van der Waals surface area contributed by atoms with Crippen molar-refractivity contribution in [2.45, 2.75) is 25.7 Å². The van der Waals surface area contributed by atoms with Crippen molar-refractivity contribution < 1.29 is 0 Å². The maximum Gasteiger partial charge on any atom is -0.0279 e. The molecule has 0 heterocycles. The number of rotatable bonds is 5. The van der Waals surface area contributed by atoms with Crippen LogP contribution in [0, 0.1) is 0 Å². The molecule has 1 aromatic rings. The summed E-state index contributed by atoms with van der Waals surface area (Å²) in [5.41, 5.74) is 1.46. The minimum atomic E-state index is 1.13. The lowest BCUT2D eigenvalue weighted by Crippen LogP contribution is -1.85. The Bertz CT molecular complexity index is 193. The molecule has 0 saturated heterocycles. The summed E-state index contributed by atoms with van der Waals surface area (Å²) >= 11 is 0. The molecule has 0 aromatic heterocycles. The monoisotopic (exact) mass is 179 g/mol. The predicted octanol–water partition coefficient (Wildman–Crippen LogP) is 3.54. The summed E-state index contributed by atoms with van der Waals surface area (Å²) in [6, 6.07) is 10.7. The van der Waals surface area contributed by atoms with Crippen molar-refractivity contribution in [1.29, 1.82) is 0 Å². The van der Waals surface area contributed by atoms with E-state index in [9.17, 15) is 0 Å². The van der Waals surface area contributed by atoms with Crippen LogP contribution in [0.1, 0.15) is 24.8 Å². The fraction of sp³-hybridized carbons (Fsp3) is 0.455. The molecule has 1 rings (SSSR count). The molecule has 65 valence electrons. The summed E-state index contributed by atoms with van der Waals surface area (Å²) in [6.07, 6.45) is 6.30. The van der Waals surface area contributed by atoms with Crippen molar-refractivity contribution >= 4 is 9.24 Å². The van der Waals surface area contributed by atoms with E-state index in [1.165, 1.54) is 31.2 Å². The lowest BCUT2D eigenvalue weighted by atomic mass is 10.1. The molecule has 0 spiro atoms. The molecule has 0 aliphatic rings. The average Bonchev–Trinajstić information content (AvgIpc) is 2.14. The summed E-state index contributed by atoms with van der Waals surface area (Å²) in [7, 11) is 3.48. The molecule has 0 unspecified atom stereocenters. The van der Waals surface area contributed by atoms with Crippen molar-refractivity contribution in [3.8, 4) is 0 Å². The molecule has 1 radical (unpaired) electrons. The highest BCUT2D eigenvalue weighted by molar-refractivity contribution is 7.16. The first-order valence-corrected chi connectivity index (χ1v) is 5.32. The molecule has 0 nitrogen and oxygen atoms in total. The van der Waals surface area contributed by atoms with Crippen LogP contribution in [0.4, 0.5) is 0 Å². The molecule has 1 heteroatoms. The first-order chi connectivity index (χ1) is 5.93. The number of hydrogen-bond acceptors (Lipinski definition) is 0. The fourth-order valence-electron chi connectivity index (χ4n) is 1.28. The van der Waals surface area contributed by atoms with Gasteiger partial charge in [-0.15, -0.1) is 0 Å². The third-order valence-corrected chi connectivity index (χ3v) is 2.34. The molecule has 0 N–H and O–H groups in total. The lowest BCUT2D eigenvalue weighted by molar-refractivity contribution is 0.722. The van der Waals surface area contributed by atoms with Crippen molar-refractivity contribution in [2.24, 2.45) is 0 Å².